The summed E-state index contributed by atoms with van der Waals surface area (Å²) < 4.78 is 0. The predicted octanol–water partition coefficient (Wildman–Crippen LogP) is 1.26. The summed E-state index contributed by atoms with van der Waals surface area (Å²) in [5, 5.41) is 3.18. The lowest BCUT2D eigenvalue weighted by molar-refractivity contribution is 0.252. The van der Waals surface area contributed by atoms with Crippen molar-refractivity contribution in [3.63, 3.8) is 0 Å². The molecule has 1 aromatic rings. The Labute approximate surface area is 80.5 Å². The maximum Gasteiger partial charge on any atom is 0.323 e. The number of rotatable bonds is 1. The third-order valence-corrected chi connectivity index (χ3v) is 2.15. The number of hydrogen-bond donors (Lipinski definition) is 1. The Kier molecular flexibility index (Phi) is 2.06. The van der Waals surface area contributed by atoms with Crippen LogP contribution in [-0.4, -0.2) is 24.1 Å². The number of nitrogens with one attached hydrogen (secondary N) is 1. The van der Waals surface area contributed by atoms with Gasteiger partial charge >= 0.3 is 6.03 Å². The first-order valence-electron chi connectivity index (χ1n) is 3.95. The molecule has 2 rings (SSSR count). The number of aromatic nitrogens is 1. The molecule has 0 spiro atoms. The van der Waals surface area contributed by atoms with E-state index < -0.39 is 0 Å². The van der Waals surface area contributed by atoms with E-state index in [1.54, 1.807) is 18.3 Å². The standard InChI is InChI=1S/C8H8ClN3O/c9-6-2-1-3-10-7(6)12-5-4-11-8(12)13/h1-3H,4-5H2,(H,11,13). The number of carbonyl (C=O) groups is 1. The number of pyridine rings is 1. The number of hydrogen-bond acceptors (Lipinski definition) is 2. The molecule has 0 atom stereocenters. The van der Waals surface area contributed by atoms with Gasteiger partial charge in [0.25, 0.3) is 0 Å². The SMILES string of the molecule is O=C1NCCN1c1ncccc1Cl. The zero-order valence-electron chi connectivity index (χ0n) is 6.83. The lowest BCUT2D eigenvalue weighted by Gasteiger charge is -2.13. The van der Waals surface area contributed by atoms with Crippen molar-refractivity contribution in [1.29, 1.82) is 0 Å². The van der Waals surface area contributed by atoms with Crippen LogP contribution in [0.5, 0.6) is 0 Å². The van der Waals surface area contributed by atoms with Crippen LogP contribution in [0.3, 0.4) is 0 Å². The van der Waals surface area contributed by atoms with Gasteiger partial charge in [-0.25, -0.2) is 9.78 Å². The molecule has 2 amide bonds. The van der Waals surface area contributed by atoms with Crippen LogP contribution < -0.4 is 10.2 Å². The Morgan fingerprint density at radius 3 is 3.08 bits per heavy atom. The smallest absolute Gasteiger partial charge is 0.323 e. The van der Waals surface area contributed by atoms with Crippen molar-refractivity contribution in [1.82, 2.24) is 10.3 Å². The average Bonchev–Trinajstić information content (AvgIpc) is 2.52. The second-order valence-electron chi connectivity index (χ2n) is 2.69. The number of anilines is 1. The highest BCUT2D eigenvalue weighted by Crippen LogP contribution is 2.23. The topological polar surface area (TPSA) is 45.2 Å². The van der Waals surface area contributed by atoms with E-state index in [1.165, 1.54) is 4.90 Å². The number of urea groups is 1. The van der Waals surface area contributed by atoms with E-state index >= 15 is 0 Å². The van der Waals surface area contributed by atoms with Gasteiger partial charge in [-0.15, -0.1) is 0 Å². The maximum absolute atomic E-state index is 11.2. The van der Waals surface area contributed by atoms with Gasteiger partial charge in [-0.1, -0.05) is 11.6 Å². The zero-order valence-corrected chi connectivity index (χ0v) is 7.58. The highest BCUT2D eigenvalue weighted by Gasteiger charge is 2.23. The Morgan fingerprint density at radius 2 is 2.46 bits per heavy atom. The Morgan fingerprint density at radius 1 is 1.62 bits per heavy atom. The van der Waals surface area contributed by atoms with E-state index in [4.69, 9.17) is 11.6 Å². The van der Waals surface area contributed by atoms with E-state index in [9.17, 15) is 4.79 Å². The van der Waals surface area contributed by atoms with Gasteiger partial charge in [-0.05, 0) is 12.1 Å². The van der Waals surface area contributed by atoms with Gasteiger partial charge in [-0.3, -0.25) is 4.90 Å². The van der Waals surface area contributed by atoms with Gasteiger partial charge in [-0.2, -0.15) is 0 Å². The van der Waals surface area contributed by atoms with E-state index in [-0.39, 0.29) is 6.03 Å². The van der Waals surface area contributed by atoms with Crippen LogP contribution in [0.25, 0.3) is 0 Å². The summed E-state index contributed by atoms with van der Waals surface area (Å²) in [4.78, 5) is 16.8. The van der Waals surface area contributed by atoms with Crippen LogP contribution >= 0.6 is 11.6 Å². The monoisotopic (exact) mass is 197 g/mol. The summed E-state index contributed by atoms with van der Waals surface area (Å²) in [6.45, 7) is 1.27. The predicted molar refractivity (Wildman–Crippen MR) is 50.0 cm³/mol. The number of halogens is 1. The second kappa shape index (κ2) is 3.22. The summed E-state index contributed by atoms with van der Waals surface area (Å²) in [7, 11) is 0. The Hall–Kier alpha value is -1.29. The van der Waals surface area contributed by atoms with Crippen molar-refractivity contribution in [2.75, 3.05) is 18.0 Å². The number of amides is 2. The Bertz CT molecular complexity index is 342. The molecule has 0 aromatic carbocycles. The van der Waals surface area contributed by atoms with E-state index in [1.807, 2.05) is 0 Å². The van der Waals surface area contributed by atoms with Crippen molar-refractivity contribution in [2.45, 2.75) is 0 Å². The van der Waals surface area contributed by atoms with Gasteiger partial charge in [0, 0.05) is 19.3 Å². The van der Waals surface area contributed by atoms with E-state index in [0.717, 1.165) is 0 Å². The maximum atomic E-state index is 11.2. The first-order chi connectivity index (χ1) is 6.29. The fraction of sp³-hybridized carbons (Fsp3) is 0.250. The van der Waals surface area contributed by atoms with Crippen molar-refractivity contribution >= 4 is 23.4 Å². The van der Waals surface area contributed by atoms with Gasteiger partial charge in [0.15, 0.2) is 5.82 Å². The molecule has 0 unspecified atom stereocenters. The summed E-state index contributed by atoms with van der Waals surface area (Å²) in [5.41, 5.74) is 0. The fourth-order valence-electron chi connectivity index (χ4n) is 1.25. The highest BCUT2D eigenvalue weighted by molar-refractivity contribution is 6.33. The fourth-order valence-corrected chi connectivity index (χ4v) is 1.47. The molecule has 0 bridgehead atoms. The van der Waals surface area contributed by atoms with Crippen LogP contribution in [0.4, 0.5) is 10.6 Å². The Balaban J connectivity index is 2.34. The molecular formula is C8H8ClN3O. The van der Waals surface area contributed by atoms with Crippen LogP contribution in [0.1, 0.15) is 0 Å². The molecule has 13 heavy (non-hydrogen) atoms. The van der Waals surface area contributed by atoms with Gasteiger partial charge in [0.2, 0.25) is 0 Å². The number of nitrogens with zero attached hydrogens (tertiary/aromatic N) is 2. The van der Waals surface area contributed by atoms with Crippen LogP contribution in [-0.2, 0) is 0 Å². The second-order valence-corrected chi connectivity index (χ2v) is 3.10. The summed E-state index contributed by atoms with van der Waals surface area (Å²) >= 11 is 5.89. The van der Waals surface area contributed by atoms with Gasteiger partial charge in [0.05, 0.1) is 5.02 Å². The minimum Gasteiger partial charge on any atom is -0.336 e. The average molecular weight is 198 g/mol. The largest absolute Gasteiger partial charge is 0.336 e. The molecule has 1 aliphatic heterocycles. The summed E-state index contributed by atoms with van der Waals surface area (Å²) in [6, 6.07) is 3.32. The molecular weight excluding hydrogens is 190 g/mol. The molecule has 1 N–H and O–H groups in total. The van der Waals surface area contributed by atoms with E-state index in [2.05, 4.69) is 10.3 Å². The van der Waals surface area contributed by atoms with Crippen LogP contribution in [0, 0.1) is 0 Å². The van der Waals surface area contributed by atoms with Crippen LogP contribution in [0.2, 0.25) is 5.02 Å². The molecule has 0 aliphatic carbocycles. The molecule has 5 heteroatoms. The zero-order chi connectivity index (χ0) is 9.26. The van der Waals surface area contributed by atoms with Gasteiger partial charge < -0.3 is 5.32 Å². The van der Waals surface area contributed by atoms with Crippen molar-refractivity contribution in [3.8, 4) is 0 Å². The molecule has 2 heterocycles. The lowest BCUT2D eigenvalue weighted by atomic mass is 10.4. The summed E-state index contributed by atoms with van der Waals surface area (Å²) in [6.07, 6.45) is 1.62. The van der Waals surface area contributed by atoms with Crippen molar-refractivity contribution < 1.29 is 4.79 Å². The van der Waals surface area contributed by atoms with Gasteiger partial charge in [0.1, 0.15) is 0 Å². The molecule has 0 radical (unpaired) electrons. The highest BCUT2D eigenvalue weighted by atomic mass is 35.5. The first kappa shape index (κ1) is 8.31. The molecule has 4 nitrogen and oxygen atoms in total. The quantitative estimate of drug-likeness (QED) is 0.737. The number of carbonyl (C=O) groups excluding carboxylic acids is 1. The molecule has 1 fully saturated rings. The summed E-state index contributed by atoms with van der Waals surface area (Å²) in [5.74, 6) is 0.527. The molecule has 1 saturated heterocycles. The molecule has 1 aliphatic rings. The lowest BCUT2D eigenvalue weighted by Crippen LogP contribution is -2.28. The minimum absolute atomic E-state index is 0.138. The minimum atomic E-state index is -0.138. The normalized spacial score (nSPS) is 16.1. The molecule has 68 valence electrons. The molecule has 1 aromatic heterocycles. The third kappa shape index (κ3) is 1.45. The van der Waals surface area contributed by atoms with Crippen molar-refractivity contribution in [3.05, 3.63) is 23.4 Å². The van der Waals surface area contributed by atoms with Crippen LogP contribution in [0.15, 0.2) is 18.3 Å². The van der Waals surface area contributed by atoms with Crippen molar-refractivity contribution in [2.24, 2.45) is 0 Å². The van der Waals surface area contributed by atoms with E-state index in [0.29, 0.717) is 23.9 Å². The first-order valence-corrected chi connectivity index (χ1v) is 4.33. The third-order valence-electron chi connectivity index (χ3n) is 1.85. The molecule has 0 saturated carbocycles.